The molecule has 11 heteroatoms. The third kappa shape index (κ3) is 5.11. The summed E-state index contributed by atoms with van der Waals surface area (Å²) in [5, 5.41) is 10.8. The lowest BCUT2D eigenvalue weighted by molar-refractivity contribution is -0.384. The van der Waals surface area contributed by atoms with Crippen molar-refractivity contribution in [3.8, 4) is 0 Å². The SMILES string of the molecule is O=[N+]([O-])c1ccc(S(=O)(=O)N2C/C=C\CN(Cc3ccccc3)S(=O)(=O)CC2)cc1. The molecule has 0 N–H and O–H groups in total. The zero-order valence-corrected chi connectivity index (χ0v) is 17.6. The summed E-state index contributed by atoms with van der Waals surface area (Å²) >= 11 is 0. The maximum absolute atomic E-state index is 12.9. The van der Waals surface area contributed by atoms with Gasteiger partial charge in [0, 0.05) is 38.3 Å². The highest BCUT2D eigenvalue weighted by molar-refractivity contribution is 7.90. The predicted octanol–water partition coefficient (Wildman–Crippen LogP) is 1.99. The van der Waals surface area contributed by atoms with Crippen LogP contribution in [0.1, 0.15) is 5.56 Å². The number of non-ortho nitro benzene ring substituents is 1. The quantitative estimate of drug-likeness (QED) is 0.390. The van der Waals surface area contributed by atoms with Crippen LogP contribution in [0.3, 0.4) is 0 Å². The van der Waals surface area contributed by atoms with Crippen molar-refractivity contribution < 1.29 is 21.8 Å². The number of hydrogen-bond acceptors (Lipinski definition) is 6. The molecule has 160 valence electrons. The highest BCUT2D eigenvalue weighted by atomic mass is 32.2. The van der Waals surface area contributed by atoms with Gasteiger partial charge in [-0.3, -0.25) is 10.1 Å². The van der Waals surface area contributed by atoms with Gasteiger partial charge in [-0.15, -0.1) is 0 Å². The lowest BCUT2D eigenvalue weighted by Gasteiger charge is -2.23. The van der Waals surface area contributed by atoms with Gasteiger partial charge in [0.05, 0.1) is 15.6 Å². The fourth-order valence-electron chi connectivity index (χ4n) is 2.99. The molecule has 0 saturated heterocycles. The fourth-order valence-corrected chi connectivity index (χ4v) is 5.87. The minimum Gasteiger partial charge on any atom is -0.258 e. The van der Waals surface area contributed by atoms with Crippen LogP contribution >= 0.6 is 0 Å². The maximum atomic E-state index is 12.9. The molecule has 3 rings (SSSR count). The molecule has 0 fully saturated rings. The average Bonchev–Trinajstić information content (AvgIpc) is 2.79. The van der Waals surface area contributed by atoms with Crippen LogP contribution in [-0.4, -0.2) is 55.8 Å². The van der Waals surface area contributed by atoms with E-state index in [1.807, 2.05) is 30.3 Å². The van der Waals surface area contributed by atoms with E-state index in [4.69, 9.17) is 0 Å². The lowest BCUT2D eigenvalue weighted by atomic mass is 10.2. The van der Waals surface area contributed by atoms with E-state index in [1.165, 1.54) is 4.31 Å². The highest BCUT2D eigenvalue weighted by Crippen LogP contribution is 2.21. The van der Waals surface area contributed by atoms with Gasteiger partial charge < -0.3 is 0 Å². The summed E-state index contributed by atoms with van der Waals surface area (Å²) in [7, 11) is -7.72. The average molecular weight is 452 g/mol. The van der Waals surface area contributed by atoms with Gasteiger partial charge in [-0.2, -0.15) is 8.61 Å². The number of nitro benzene ring substituents is 1. The van der Waals surface area contributed by atoms with E-state index in [2.05, 4.69) is 0 Å². The molecule has 30 heavy (non-hydrogen) atoms. The van der Waals surface area contributed by atoms with Crippen molar-refractivity contribution in [1.29, 1.82) is 0 Å². The highest BCUT2D eigenvalue weighted by Gasteiger charge is 2.29. The van der Waals surface area contributed by atoms with Crippen LogP contribution in [0, 0.1) is 10.1 Å². The number of hydrogen-bond donors (Lipinski definition) is 0. The smallest absolute Gasteiger partial charge is 0.258 e. The minimum absolute atomic E-state index is 0.00795. The summed E-state index contributed by atoms with van der Waals surface area (Å²) in [4.78, 5) is 10.0. The van der Waals surface area contributed by atoms with Crippen LogP contribution in [0.15, 0.2) is 71.6 Å². The van der Waals surface area contributed by atoms with Crippen LogP contribution in [-0.2, 0) is 26.6 Å². The summed E-state index contributed by atoms with van der Waals surface area (Å²) in [6, 6.07) is 13.7. The Morgan fingerprint density at radius 2 is 1.60 bits per heavy atom. The van der Waals surface area contributed by atoms with Crippen molar-refractivity contribution in [2.24, 2.45) is 0 Å². The van der Waals surface area contributed by atoms with Gasteiger partial charge in [-0.1, -0.05) is 42.5 Å². The summed E-state index contributed by atoms with van der Waals surface area (Å²) in [6.45, 7) is 0.122. The minimum atomic E-state index is -4.01. The molecule has 0 aliphatic carbocycles. The van der Waals surface area contributed by atoms with Crippen molar-refractivity contribution >= 4 is 25.7 Å². The van der Waals surface area contributed by atoms with Gasteiger partial charge in [-0.05, 0) is 17.7 Å². The molecule has 1 aliphatic rings. The largest absolute Gasteiger partial charge is 0.269 e. The zero-order chi connectivity index (χ0) is 21.8. The van der Waals surface area contributed by atoms with Crippen LogP contribution in [0.5, 0.6) is 0 Å². The molecule has 9 nitrogen and oxygen atoms in total. The Labute approximate surface area is 175 Å². The van der Waals surface area contributed by atoms with Crippen LogP contribution < -0.4 is 0 Å². The van der Waals surface area contributed by atoms with Crippen molar-refractivity contribution in [2.75, 3.05) is 25.4 Å². The fraction of sp³-hybridized carbons (Fsp3) is 0.263. The molecule has 0 bridgehead atoms. The Morgan fingerprint density at radius 1 is 0.967 bits per heavy atom. The molecule has 0 aromatic heterocycles. The Bertz CT molecular complexity index is 1130. The lowest BCUT2D eigenvalue weighted by Crippen LogP contribution is -2.39. The first kappa shape index (κ1) is 22.1. The second-order valence-electron chi connectivity index (χ2n) is 6.68. The first-order valence-corrected chi connectivity index (χ1v) is 12.2. The number of nitro groups is 1. The van der Waals surface area contributed by atoms with E-state index < -0.39 is 25.0 Å². The third-order valence-electron chi connectivity index (χ3n) is 4.66. The molecular formula is C19H21N3O6S2. The Kier molecular flexibility index (Phi) is 6.66. The van der Waals surface area contributed by atoms with Crippen LogP contribution in [0.2, 0.25) is 0 Å². The normalized spacial score (nSPS) is 19.3. The second-order valence-corrected chi connectivity index (χ2v) is 10.7. The van der Waals surface area contributed by atoms with Crippen LogP contribution in [0.25, 0.3) is 0 Å². The first-order valence-electron chi connectivity index (χ1n) is 9.11. The molecule has 0 amide bonds. The first-order chi connectivity index (χ1) is 14.2. The Balaban J connectivity index is 1.81. The number of rotatable bonds is 5. The molecule has 0 saturated carbocycles. The Morgan fingerprint density at radius 3 is 2.23 bits per heavy atom. The molecule has 1 aliphatic heterocycles. The molecular weight excluding hydrogens is 430 g/mol. The molecule has 2 aromatic rings. The van der Waals surface area contributed by atoms with Crippen molar-refractivity contribution in [3.05, 3.63) is 82.4 Å². The van der Waals surface area contributed by atoms with Gasteiger partial charge in [0.25, 0.3) is 5.69 Å². The van der Waals surface area contributed by atoms with E-state index in [-0.39, 0.29) is 42.5 Å². The summed E-state index contributed by atoms with van der Waals surface area (Å²) in [6.07, 6.45) is 3.24. The van der Waals surface area contributed by atoms with Gasteiger partial charge in [0.15, 0.2) is 0 Å². The maximum Gasteiger partial charge on any atom is 0.269 e. The number of sulfonamides is 2. The Hall–Kier alpha value is -2.60. The van der Waals surface area contributed by atoms with E-state index in [1.54, 1.807) is 12.2 Å². The number of benzene rings is 2. The van der Waals surface area contributed by atoms with Gasteiger partial charge in [0.2, 0.25) is 20.0 Å². The van der Waals surface area contributed by atoms with E-state index in [9.17, 15) is 26.9 Å². The zero-order valence-electron chi connectivity index (χ0n) is 16.0. The molecule has 2 aromatic carbocycles. The molecule has 0 spiro atoms. The molecule has 1 heterocycles. The summed E-state index contributed by atoms with van der Waals surface area (Å²) in [5.74, 6) is -0.367. The third-order valence-corrected chi connectivity index (χ3v) is 8.31. The van der Waals surface area contributed by atoms with Crippen molar-refractivity contribution in [3.63, 3.8) is 0 Å². The monoisotopic (exact) mass is 451 g/mol. The van der Waals surface area contributed by atoms with Gasteiger partial charge in [-0.25, -0.2) is 16.8 Å². The molecule has 0 radical (unpaired) electrons. The van der Waals surface area contributed by atoms with E-state index >= 15 is 0 Å². The van der Waals surface area contributed by atoms with E-state index in [0.29, 0.717) is 0 Å². The summed E-state index contributed by atoms with van der Waals surface area (Å²) < 4.78 is 53.9. The summed E-state index contributed by atoms with van der Waals surface area (Å²) in [5.41, 5.74) is 0.613. The second kappa shape index (κ2) is 9.04. The topological polar surface area (TPSA) is 118 Å². The standard InChI is InChI=1S/C19H21N3O6S2/c23-22(24)18-8-10-19(11-9-18)30(27,28)20-12-4-5-13-21(29(25,26)15-14-20)16-17-6-2-1-3-7-17/h1-11H,12-16H2/b5-4-. The van der Waals surface area contributed by atoms with E-state index in [0.717, 1.165) is 34.1 Å². The van der Waals surface area contributed by atoms with Crippen molar-refractivity contribution in [1.82, 2.24) is 8.61 Å². The van der Waals surface area contributed by atoms with Gasteiger partial charge in [0.1, 0.15) is 0 Å². The van der Waals surface area contributed by atoms with Crippen LogP contribution in [0.4, 0.5) is 5.69 Å². The van der Waals surface area contributed by atoms with Gasteiger partial charge >= 0.3 is 0 Å². The molecule has 0 atom stereocenters. The van der Waals surface area contributed by atoms with Crippen molar-refractivity contribution in [2.45, 2.75) is 11.4 Å². The molecule has 0 unspecified atom stereocenters. The predicted molar refractivity (Wildman–Crippen MR) is 112 cm³/mol. The number of nitrogens with zero attached hydrogens (tertiary/aromatic N) is 3.